The van der Waals surface area contributed by atoms with Crippen molar-refractivity contribution in [3.63, 3.8) is 0 Å². The number of para-hydroxylation sites is 1. The molecule has 0 aromatic heterocycles. The van der Waals surface area contributed by atoms with Crippen molar-refractivity contribution in [3.05, 3.63) is 72.3 Å². The van der Waals surface area contributed by atoms with Gasteiger partial charge in [-0.2, -0.15) is 4.31 Å². The third kappa shape index (κ3) is 4.35. The molecule has 0 fully saturated rings. The van der Waals surface area contributed by atoms with E-state index in [0.717, 1.165) is 5.56 Å². The Hall–Kier alpha value is -2.44. The number of benzene rings is 2. The van der Waals surface area contributed by atoms with E-state index in [1.165, 1.54) is 41.6 Å². The zero-order valence-corrected chi connectivity index (χ0v) is 15.1. The van der Waals surface area contributed by atoms with Crippen LogP contribution in [0.4, 0.5) is 0 Å². The van der Waals surface area contributed by atoms with Gasteiger partial charge in [-0.15, -0.1) is 6.58 Å². The number of carbonyl (C=O) groups is 1. The van der Waals surface area contributed by atoms with Gasteiger partial charge in [0.1, 0.15) is 5.75 Å². The number of hydrogen-bond acceptors (Lipinski definition) is 4. The van der Waals surface area contributed by atoms with E-state index in [1.54, 1.807) is 13.2 Å². The van der Waals surface area contributed by atoms with Gasteiger partial charge in [0.05, 0.1) is 12.0 Å². The van der Waals surface area contributed by atoms with Gasteiger partial charge in [0.2, 0.25) is 10.0 Å². The summed E-state index contributed by atoms with van der Waals surface area (Å²) in [5.41, 5.74) is 1.23. The molecule has 0 unspecified atom stereocenters. The SMILES string of the molecule is C=CCN(Cc1ccccc1OC)S(=O)(=O)c1ccc(C(C)=O)cc1. The van der Waals surface area contributed by atoms with Gasteiger partial charge in [-0.25, -0.2) is 8.42 Å². The Bertz CT molecular complexity index is 857. The minimum absolute atomic E-state index is 0.110. The standard InChI is InChI=1S/C19H21NO4S/c1-4-13-20(14-17-7-5-6-8-19(17)24-3)25(22,23)18-11-9-16(10-12-18)15(2)21/h4-12H,1,13-14H2,2-3H3. The van der Waals surface area contributed by atoms with Crippen molar-refractivity contribution >= 4 is 15.8 Å². The fourth-order valence-electron chi connectivity index (χ4n) is 2.43. The molecule has 0 saturated heterocycles. The van der Waals surface area contributed by atoms with Crippen LogP contribution >= 0.6 is 0 Å². The average molecular weight is 359 g/mol. The Morgan fingerprint density at radius 2 is 1.80 bits per heavy atom. The van der Waals surface area contributed by atoms with E-state index in [2.05, 4.69) is 6.58 Å². The average Bonchev–Trinajstić information content (AvgIpc) is 2.61. The number of carbonyl (C=O) groups excluding carboxylic acids is 1. The Morgan fingerprint density at radius 3 is 2.36 bits per heavy atom. The molecule has 0 aliphatic rings. The molecule has 6 heteroatoms. The molecule has 0 bridgehead atoms. The van der Waals surface area contributed by atoms with E-state index in [0.29, 0.717) is 11.3 Å². The number of methoxy groups -OCH3 is 1. The first-order chi connectivity index (χ1) is 11.9. The number of hydrogen-bond donors (Lipinski definition) is 0. The number of ketones is 1. The molecule has 0 amide bonds. The van der Waals surface area contributed by atoms with E-state index in [9.17, 15) is 13.2 Å². The van der Waals surface area contributed by atoms with Crippen LogP contribution in [0.2, 0.25) is 0 Å². The van der Waals surface area contributed by atoms with Gasteiger partial charge in [0.25, 0.3) is 0 Å². The second-order valence-electron chi connectivity index (χ2n) is 5.48. The third-order valence-corrected chi connectivity index (χ3v) is 5.60. The van der Waals surface area contributed by atoms with Crippen molar-refractivity contribution in [1.82, 2.24) is 4.31 Å². The molecule has 0 radical (unpaired) electrons. The second kappa shape index (κ2) is 8.09. The summed E-state index contributed by atoms with van der Waals surface area (Å²) < 4.78 is 32.5. The predicted molar refractivity (Wildman–Crippen MR) is 97.2 cm³/mol. The van der Waals surface area contributed by atoms with Crippen molar-refractivity contribution in [2.45, 2.75) is 18.4 Å². The minimum atomic E-state index is -3.73. The molecule has 0 saturated carbocycles. The summed E-state index contributed by atoms with van der Waals surface area (Å²) in [6, 6.07) is 13.2. The molecule has 0 atom stereocenters. The summed E-state index contributed by atoms with van der Waals surface area (Å²) in [6.07, 6.45) is 1.54. The van der Waals surface area contributed by atoms with Crippen LogP contribution in [0.3, 0.4) is 0 Å². The zero-order chi connectivity index (χ0) is 18.4. The Kier molecular flexibility index (Phi) is 6.12. The van der Waals surface area contributed by atoms with Crippen LogP contribution in [0.1, 0.15) is 22.8 Å². The van der Waals surface area contributed by atoms with E-state index in [-0.39, 0.29) is 23.8 Å². The number of Topliss-reactive ketones (excluding diaryl/α,β-unsaturated/α-hetero) is 1. The monoisotopic (exact) mass is 359 g/mol. The molecule has 25 heavy (non-hydrogen) atoms. The van der Waals surface area contributed by atoms with E-state index in [4.69, 9.17) is 4.74 Å². The number of ether oxygens (including phenoxy) is 1. The van der Waals surface area contributed by atoms with Gasteiger partial charge in [0, 0.05) is 24.2 Å². The maximum absolute atomic E-state index is 13.0. The molecule has 0 aliphatic carbocycles. The molecular weight excluding hydrogens is 338 g/mol. The van der Waals surface area contributed by atoms with Gasteiger partial charge in [0.15, 0.2) is 5.78 Å². The zero-order valence-electron chi connectivity index (χ0n) is 14.3. The highest BCUT2D eigenvalue weighted by atomic mass is 32.2. The number of nitrogens with zero attached hydrogens (tertiary/aromatic N) is 1. The topological polar surface area (TPSA) is 63.7 Å². The van der Waals surface area contributed by atoms with Crippen LogP contribution in [0.15, 0.2) is 66.1 Å². The van der Waals surface area contributed by atoms with Crippen molar-refractivity contribution in [3.8, 4) is 5.75 Å². The molecule has 2 rings (SSSR count). The van der Waals surface area contributed by atoms with Crippen molar-refractivity contribution in [2.24, 2.45) is 0 Å². The third-order valence-electron chi connectivity index (χ3n) is 3.77. The molecule has 5 nitrogen and oxygen atoms in total. The molecule has 0 N–H and O–H groups in total. The van der Waals surface area contributed by atoms with Crippen molar-refractivity contribution in [1.29, 1.82) is 0 Å². The van der Waals surface area contributed by atoms with E-state index >= 15 is 0 Å². The van der Waals surface area contributed by atoms with Gasteiger partial charge in [-0.1, -0.05) is 36.4 Å². The van der Waals surface area contributed by atoms with E-state index < -0.39 is 10.0 Å². The first-order valence-electron chi connectivity index (χ1n) is 7.74. The van der Waals surface area contributed by atoms with Crippen LogP contribution < -0.4 is 4.74 Å². The second-order valence-corrected chi connectivity index (χ2v) is 7.42. The quantitative estimate of drug-likeness (QED) is 0.536. The van der Waals surface area contributed by atoms with E-state index in [1.807, 2.05) is 18.2 Å². The van der Waals surface area contributed by atoms with Crippen LogP contribution in [-0.2, 0) is 16.6 Å². The minimum Gasteiger partial charge on any atom is -0.496 e. The normalized spacial score (nSPS) is 11.3. The number of sulfonamides is 1. The molecule has 0 spiro atoms. The van der Waals surface area contributed by atoms with Crippen LogP contribution in [0, 0.1) is 0 Å². The van der Waals surface area contributed by atoms with Gasteiger partial charge in [-0.3, -0.25) is 4.79 Å². The summed E-state index contributed by atoms with van der Waals surface area (Å²) >= 11 is 0. The van der Waals surface area contributed by atoms with Gasteiger partial charge < -0.3 is 4.74 Å². The first-order valence-corrected chi connectivity index (χ1v) is 9.18. The highest BCUT2D eigenvalue weighted by Gasteiger charge is 2.24. The highest BCUT2D eigenvalue weighted by Crippen LogP contribution is 2.24. The maximum atomic E-state index is 13.0. The first kappa shape index (κ1) is 18.9. The summed E-state index contributed by atoms with van der Waals surface area (Å²) in [4.78, 5) is 11.5. The largest absolute Gasteiger partial charge is 0.496 e. The molecule has 2 aromatic rings. The molecule has 0 heterocycles. The van der Waals surface area contributed by atoms with Crippen LogP contribution in [0.5, 0.6) is 5.75 Å². The smallest absolute Gasteiger partial charge is 0.243 e. The van der Waals surface area contributed by atoms with Gasteiger partial charge >= 0.3 is 0 Å². The summed E-state index contributed by atoms with van der Waals surface area (Å²) in [5.74, 6) is 0.514. The molecular formula is C19H21NO4S. The fraction of sp³-hybridized carbons (Fsp3) is 0.211. The Balaban J connectivity index is 2.37. The van der Waals surface area contributed by atoms with Crippen molar-refractivity contribution < 1.29 is 17.9 Å². The van der Waals surface area contributed by atoms with Gasteiger partial charge in [-0.05, 0) is 25.1 Å². The lowest BCUT2D eigenvalue weighted by Gasteiger charge is -2.22. The fourth-order valence-corrected chi connectivity index (χ4v) is 3.81. The maximum Gasteiger partial charge on any atom is 0.243 e. The molecule has 0 aliphatic heterocycles. The van der Waals surface area contributed by atoms with Crippen LogP contribution in [-0.4, -0.2) is 32.2 Å². The molecule has 132 valence electrons. The lowest BCUT2D eigenvalue weighted by molar-refractivity contribution is 0.101. The molecule has 2 aromatic carbocycles. The lowest BCUT2D eigenvalue weighted by Crippen LogP contribution is -2.31. The Labute approximate surface area is 148 Å². The highest BCUT2D eigenvalue weighted by molar-refractivity contribution is 7.89. The summed E-state index contributed by atoms with van der Waals surface area (Å²) in [5, 5.41) is 0. The van der Waals surface area contributed by atoms with Crippen molar-refractivity contribution in [2.75, 3.05) is 13.7 Å². The predicted octanol–water partition coefficient (Wildman–Crippen LogP) is 3.27. The lowest BCUT2D eigenvalue weighted by atomic mass is 10.2. The summed E-state index contributed by atoms with van der Waals surface area (Å²) in [7, 11) is -2.19. The van der Waals surface area contributed by atoms with Crippen LogP contribution in [0.25, 0.3) is 0 Å². The number of rotatable bonds is 8. The summed E-state index contributed by atoms with van der Waals surface area (Å²) in [6.45, 7) is 5.41. The Morgan fingerprint density at radius 1 is 1.16 bits per heavy atom.